The van der Waals surface area contributed by atoms with E-state index in [2.05, 4.69) is 0 Å². The van der Waals surface area contributed by atoms with Gasteiger partial charge in [0.15, 0.2) is 0 Å². The maximum Gasteiger partial charge on any atom is 0.326 e. The maximum atomic E-state index is 12.1. The molecule has 96 valence electrons. The Morgan fingerprint density at radius 3 is 2.53 bits per heavy atom. The molecule has 1 saturated heterocycles. The number of carboxylic acids is 1. The molecule has 1 atom stereocenters. The molecule has 17 heavy (non-hydrogen) atoms. The van der Waals surface area contributed by atoms with Crippen LogP contribution in [0.4, 0.5) is 4.79 Å². The molecule has 5 heteroatoms. The smallest absolute Gasteiger partial charge is 0.326 e. The van der Waals surface area contributed by atoms with Crippen LogP contribution in [0.5, 0.6) is 0 Å². The van der Waals surface area contributed by atoms with Crippen LogP contribution >= 0.6 is 0 Å². The molecule has 0 spiro atoms. The molecule has 2 rings (SSSR count). The molecule has 0 aromatic carbocycles. The minimum absolute atomic E-state index is 0.123. The molecule has 2 fully saturated rings. The zero-order valence-corrected chi connectivity index (χ0v) is 10.3. The lowest BCUT2D eigenvalue weighted by Gasteiger charge is -2.33. The van der Waals surface area contributed by atoms with Gasteiger partial charge < -0.3 is 14.9 Å². The molecule has 1 heterocycles. The summed E-state index contributed by atoms with van der Waals surface area (Å²) in [7, 11) is 1.78. The molecule has 1 unspecified atom stereocenters. The van der Waals surface area contributed by atoms with Gasteiger partial charge in [-0.2, -0.15) is 0 Å². The van der Waals surface area contributed by atoms with E-state index >= 15 is 0 Å². The Bertz CT molecular complexity index is 315. The molecule has 5 nitrogen and oxygen atoms in total. The van der Waals surface area contributed by atoms with Crippen molar-refractivity contribution in [3.63, 3.8) is 0 Å². The standard InChI is InChI=1S/C12H20N2O3/c1-13(8-9-4-2-5-9)12(17)14-7-3-6-10(14)11(15)16/h9-10H,2-8H2,1H3,(H,15,16). The summed E-state index contributed by atoms with van der Waals surface area (Å²) < 4.78 is 0. The van der Waals surface area contributed by atoms with Gasteiger partial charge in [0.1, 0.15) is 6.04 Å². The van der Waals surface area contributed by atoms with Gasteiger partial charge in [-0.25, -0.2) is 9.59 Å². The number of likely N-dealkylation sites (tertiary alicyclic amines) is 1. The van der Waals surface area contributed by atoms with Crippen molar-refractivity contribution >= 4 is 12.0 Å². The average molecular weight is 240 g/mol. The van der Waals surface area contributed by atoms with Crippen LogP contribution in [0.1, 0.15) is 32.1 Å². The second-order valence-corrected chi connectivity index (χ2v) is 5.15. The lowest BCUT2D eigenvalue weighted by Crippen LogP contribution is -2.48. The third kappa shape index (κ3) is 2.53. The van der Waals surface area contributed by atoms with Gasteiger partial charge in [-0.05, 0) is 31.6 Å². The fraction of sp³-hybridized carbons (Fsp3) is 0.833. The highest BCUT2D eigenvalue weighted by molar-refractivity contribution is 5.83. The van der Waals surface area contributed by atoms with Crippen LogP contribution < -0.4 is 0 Å². The molecular formula is C12H20N2O3. The molecular weight excluding hydrogens is 220 g/mol. The Kier molecular flexibility index (Phi) is 3.54. The first-order valence-corrected chi connectivity index (χ1v) is 6.34. The van der Waals surface area contributed by atoms with Crippen molar-refractivity contribution < 1.29 is 14.7 Å². The topological polar surface area (TPSA) is 60.9 Å². The molecule has 0 aromatic rings. The second kappa shape index (κ2) is 4.94. The van der Waals surface area contributed by atoms with E-state index in [1.54, 1.807) is 11.9 Å². The summed E-state index contributed by atoms with van der Waals surface area (Å²) in [4.78, 5) is 26.3. The van der Waals surface area contributed by atoms with Crippen molar-refractivity contribution in [1.82, 2.24) is 9.80 Å². The summed E-state index contributed by atoms with van der Waals surface area (Å²) in [6, 6.07) is -0.742. The number of urea groups is 1. The normalized spacial score (nSPS) is 24.5. The Morgan fingerprint density at radius 1 is 1.29 bits per heavy atom. The summed E-state index contributed by atoms with van der Waals surface area (Å²) in [5, 5.41) is 9.04. The predicted molar refractivity (Wildman–Crippen MR) is 62.7 cm³/mol. The number of nitrogens with zero attached hydrogens (tertiary/aromatic N) is 2. The van der Waals surface area contributed by atoms with Crippen molar-refractivity contribution in [2.75, 3.05) is 20.1 Å². The third-order valence-electron chi connectivity index (χ3n) is 3.87. The van der Waals surface area contributed by atoms with E-state index in [0.717, 1.165) is 13.0 Å². The van der Waals surface area contributed by atoms with Crippen LogP contribution in [0.25, 0.3) is 0 Å². The zero-order chi connectivity index (χ0) is 12.4. The van der Waals surface area contributed by atoms with E-state index in [1.807, 2.05) is 0 Å². The lowest BCUT2D eigenvalue weighted by atomic mass is 9.85. The fourth-order valence-electron chi connectivity index (χ4n) is 2.61. The van der Waals surface area contributed by atoms with Crippen LogP contribution in [0.15, 0.2) is 0 Å². The summed E-state index contributed by atoms with van der Waals surface area (Å²) in [6.07, 6.45) is 5.02. The van der Waals surface area contributed by atoms with E-state index < -0.39 is 12.0 Å². The molecule has 2 amide bonds. The highest BCUT2D eigenvalue weighted by Crippen LogP contribution is 2.27. The van der Waals surface area contributed by atoms with Gasteiger partial charge >= 0.3 is 12.0 Å². The fourth-order valence-corrected chi connectivity index (χ4v) is 2.61. The SMILES string of the molecule is CN(CC1CCC1)C(=O)N1CCCC1C(=O)O. The van der Waals surface area contributed by atoms with Crippen LogP contribution in [-0.2, 0) is 4.79 Å². The lowest BCUT2D eigenvalue weighted by molar-refractivity contribution is -0.141. The number of carboxylic acid groups (broad SMARTS) is 1. The number of aliphatic carboxylic acids is 1. The molecule has 0 bridgehead atoms. The Hall–Kier alpha value is -1.26. The first kappa shape index (κ1) is 12.2. The molecule has 0 aromatic heterocycles. The van der Waals surface area contributed by atoms with Crippen molar-refractivity contribution in [2.24, 2.45) is 5.92 Å². The number of rotatable bonds is 3. The first-order chi connectivity index (χ1) is 8.09. The monoisotopic (exact) mass is 240 g/mol. The van der Waals surface area contributed by atoms with Gasteiger partial charge in [-0.3, -0.25) is 0 Å². The summed E-state index contributed by atoms with van der Waals surface area (Å²) in [5.41, 5.74) is 0. The van der Waals surface area contributed by atoms with E-state index in [9.17, 15) is 9.59 Å². The van der Waals surface area contributed by atoms with Crippen molar-refractivity contribution in [3.05, 3.63) is 0 Å². The summed E-state index contributed by atoms with van der Waals surface area (Å²) in [5.74, 6) is -0.261. The number of amides is 2. The van der Waals surface area contributed by atoms with E-state index in [-0.39, 0.29) is 6.03 Å². The third-order valence-corrected chi connectivity index (χ3v) is 3.87. The number of hydrogen-bond donors (Lipinski definition) is 1. The number of carbonyl (C=O) groups is 2. The molecule has 0 radical (unpaired) electrons. The van der Waals surface area contributed by atoms with E-state index in [1.165, 1.54) is 24.2 Å². The van der Waals surface area contributed by atoms with Gasteiger partial charge in [0, 0.05) is 20.1 Å². The van der Waals surface area contributed by atoms with Crippen molar-refractivity contribution in [1.29, 1.82) is 0 Å². The quantitative estimate of drug-likeness (QED) is 0.810. The first-order valence-electron chi connectivity index (χ1n) is 6.34. The molecule has 2 aliphatic rings. The maximum absolute atomic E-state index is 12.1. The molecule has 1 N–H and O–H groups in total. The van der Waals surface area contributed by atoms with Crippen molar-refractivity contribution in [2.45, 2.75) is 38.1 Å². The van der Waals surface area contributed by atoms with E-state index in [4.69, 9.17) is 5.11 Å². The number of hydrogen-bond acceptors (Lipinski definition) is 2. The van der Waals surface area contributed by atoms with Crippen LogP contribution in [0, 0.1) is 5.92 Å². The van der Waals surface area contributed by atoms with Gasteiger partial charge in [0.2, 0.25) is 0 Å². The van der Waals surface area contributed by atoms with Crippen LogP contribution in [0.3, 0.4) is 0 Å². The van der Waals surface area contributed by atoms with Crippen molar-refractivity contribution in [3.8, 4) is 0 Å². The molecule has 1 saturated carbocycles. The molecule has 1 aliphatic heterocycles. The Labute approximate surface area is 101 Å². The van der Waals surface area contributed by atoms with Crippen LogP contribution in [0.2, 0.25) is 0 Å². The van der Waals surface area contributed by atoms with Gasteiger partial charge in [-0.1, -0.05) is 6.42 Å². The minimum Gasteiger partial charge on any atom is -0.480 e. The van der Waals surface area contributed by atoms with E-state index in [0.29, 0.717) is 18.9 Å². The Morgan fingerprint density at radius 2 is 2.00 bits per heavy atom. The minimum atomic E-state index is -0.882. The second-order valence-electron chi connectivity index (χ2n) is 5.15. The van der Waals surface area contributed by atoms with Crippen LogP contribution in [-0.4, -0.2) is 53.1 Å². The largest absolute Gasteiger partial charge is 0.480 e. The summed E-state index contributed by atoms with van der Waals surface area (Å²) >= 11 is 0. The van der Waals surface area contributed by atoms with Gasteiger partial charge in [-0.15, -0.1) is 0 Å². The average Bonchev–Trinajstić information content (AvgIpc) is 2.70. The Balaban J connectivity index is 1.90. The zero-order valence-electron chi connectivity index (χ0n) is 10.3. The van der Waals surface area contributed by atoms with Gasteiger partial charge in [0.05, 0.1) is 0 Å². The van der Waals surface area contributed by atoms with Gasteiger partial charge in [0.25, 0.3) is 0 Å². The molecule has 1 aliphatic carbocycles. The summed E-state index contributed by atoms with van der Waals surface area (Å²) in [6.45, 7) is 1.34. The highest BCUT2D eigenvalue weighted by Gasteiger charge is 2.36. The highest BCUT2D eigenvalue weighted by atomic mass is 16.4. The predicted octanol–water partition coefficient (Wildman–Crippen LogP) is 1.39. The number of carbonyl (C=O) groups excluding carboxylic acids is 1.